The Kier molecular flexibility index (Phi) is 3.58. The molecule has 3 aromatic rings. The number of halogens is 1. The van der Waals surface area contributed by atoms with Gasteiger partial charge < -0.3 is 4.98 Å². The molecule has 1 heterocycles. The Hall–Kier alpha value is -2.35. The number of H-pyrrole nitrogens is 1. The van der Waals surface area contributed by atoms with Gasteiger partial charge in [-0.05, 0) is 28.8 Å². The highest BCUT2D eigenvalue weighted by molar-refractivity contribution is 5.68. The van der Waals surface area contributed by atoms with E-state index < -0.39 is 0 Å². The zero-order chi connectivity index (χ0) is 11.5. The minimum absolute atomic E-state index is 0. The Morgan fingerprint density at radius 2 is 1.17 bits per heavy atom. The van der Waals surface area contributed by atoms with E-state index in [9.17, 15) is 0 Å². The fourth-order valence-corrected chi connectivity index (χ4v) is 1.98. The van der Waals surface area contributed by atoms with Crippen molar-refractivity contribution in [1.29, 1.82) is 0 Å². The zero-order valence-corrected chi connectivity index (χ0v) is 9.84. The first-order valence-corrected chi connectivity index (χ1v) is 5.73. The molecule has 0 unspecified atom stereocenters. The van der Waals surface area contributed by atoms with Gasteiger partial charge in [0.05, 0.1) is 0 Å². The Bertz CT molecular complexity index is 583. The standard InChI is InChI=1S/C16H13N.FH/c1-2-5-13(6-3-1)14-8-10-15(11-9-14)16-7-4-12-17-16;/h1-12,17H;1H. The molecule has 2 aromatic carbocycles. The van der Waals surface area contributed by atoms with Gasteiger partial charge in [0, 0.05) is 11.9 Å². The van der Waals surface area contributed by atoms with E-state index in [4.69, 9.17) is 0 Å². The third kappa shape index (κ3) is 2.33. The van der Waals surface area contributed by atoms with Crippen LogP contribution in [0.25, 0.3) is 22.4 Å². The van der Waals surface area contributed by atoms with Crippen molar-refractivity contribution < 1.29 is 4.70 Å². The Morgan fingerprint density at radius 3 is 1.78 bits per heavy atom. The van der Waals surface area contributed by atoms with Crippen molar-refractivity contribution in [2.24, 2.45) is 0 Å². The highest BCUT2D eigenvalue weighted by Crippen LogP contribution is 2.23. The SMILES string of the molecule is F.c1ccc(-c2ccc(-c3ccc[nH]3)cc2)cc1. The summed E-state index contributed by atoms with van der Waals surface area (Å²) in [6.07, 6.45) is 1.94. The summed E-state index contributed by atoms with van der Waals surface area (Å²) in [4.78, 5) is 3.21. The average molecular weight is 239 g/mol. The van der Waals surface area contributed by atoms with E-state index in [0.29, 0.717) is 0 Å². The molecule has 0 spiro atoms. The first-order valence-electron chi connectivity index (χ1n) is 5.73. The van der Waals surface area contributed by atoms with Crippen molar-refractivity contribution in [2.75, 3.05) is 0 Å². The molecular formula is C16H14FN. The molecule has 0 saturated heterocycles. The molecular weight excluding hydrogens is 225 g/mol. The van der Waals surface area contributed by atoms with E-state index in [1.54, 1.807) is 0 Å². The highest BCUT2D eigenvalue weighted by atomic mass is 19.0. The lowest BCUT2D eigenvalue weighted by Crippen LogP contribution is -1.79. The molecule has 18 heavy (non-hydrogen) atoms. The fraction of sp³-hybridized carbons (Fsp3) is 0. The van der Waals surface area contributed by atoms with E-state index in [2.05, 4.69) is 59.6 Å². The number of aromatic amines is 1. The van der Waals surface area contributed by atoms with Crippen molar-refractivity contribution in [3.05, 3.63) is 72.9 Å². The molecule has 1 aromatic heterocycles. The Labute approximate surface area is 105 Å². The summed E-state index contributed by atoms with van der Waals surface area (Å²) >= 11 is 0. The third-order valence-corrected chi connectivity index (χ3v) is 2.90. The maximum absolute atomic E-state index is 3.21. The summed E-state index contributed by atoms with van der Waals surface area (Å²) in [5.74, 6) is 0. The van der Waals surface area contributed by atoms with Crippen molar-refractivity contribution in [2.45, 2.75) is 0 Å². The lowest BCUT2D eigenvalue weighted by atomic mass is 10.0. The number of hydrogen-bond donors (Lipinski definition) is 1. The van der Waals surface area contributed by atoms with E-state index in [-0.39, 0.29) is 4.70 Å². The molecule has 0 aliphatic rings. The highest BCUT2D eigenvalue weighted by Gasteiger charge is 1.99. The van der Waals surface area contributed by atoms with Crippen molar-refractivity contribution >= 4 is 0 Å². The third-order valence-electron chi connectivity index (χ3n) is 2.90. The number of aromatic nitrogens is 1. The van der Waals surface area contributed by atoms with Crippen LogP contribution in [0.15, 0.2) is 72.9 Å². The lowest BCUT2D eigenvalue weighted by molar-refractivity contribution is 1.11. The van der Waals surface area contributed by atoms with Crippen LogP contribution < -0.4 is 0 Å². The van der Waals surface area contributed by atoms with Crippen LogP contribution in [0.2, 0.25) is 0 Å². The first-order chi connectivity index (χ1) is 8.43. The van der Waals surface area contributed by atoms with Gasteiger partial charge in [-0.25, -0.2) is 0 Å². The van der Waals surface area contributed by atoms with Gasteiger partial charge in [-0.15, -0.1) is 0 Å². The van der Waals surface area contributed by atoms with Crippen LogP contribution in [0.3, 0.4) is 0 Å². The van der Waals surface area contributed by atoms with E-state index in [0.717, 1.165) is 5.69 Å². The molecule has 2 heteroatoms. The second-order valence-electron chi connectivity index (χ2n) is 4.03. The normalized spacial score (nSPS) is 9.78. The minimum Gasteiger partial charge on any atom is -0.361 e. The zero-order valence-electron chi connectivity index (χ0n) is 9.84. The predicted octanol–water partition coefficient (Wildman–Crippen LogP) is 4.50. The van der Waals surface area contributed by atoms with Gasteiger partial charge in [0.25, 0.3) is 0 Å². The van der Waals surface area contributed by atoms with Gasteiger partial charge >= 0.3 is 0 Å². The second-order valence-corrected chi connectivity index (χ2v) is 4.03. The van der Waals surface area contributed by atoms with E-state index in [1.807, 2.05) is 18.3 Å². The average Bonchev–Trinajstić information content (AvgIpc) is 2.94. The monoisotopic (exact) mass is 239 g/mol. The Balaban J connectivity index is 0.00000120. The molecule has 0 fully saturated rings. The van der Waals surface area contributed by atoms with Crippen LogP contribution >= 0.6 is 0 Å². The maximum atomic E-state index is 3.21. The fourth-order valence-electron chi connectivity index (χ4n) is 1.98. The van der Waals surface area contributed by atoms with Gasteiger partial charge in [-0.3, -0.25) is 4.70 Å². The van der Waals surface area contributed by atoms with Crippen LogP contribution in [0, 0.1) is 0 Å². The maximum Gasteiger partial charge on any atom is 0.0453 e. The van der Waals surface area contributed by atoms with Crippen molar-refractivity contribution in [3.8, 4) is 22.4 Å². The van der Waals surface area contributed by atoms with Gasteiger partial charge in [0.1, 0.15) is 0 Å². The quantitative estimate of drug-likeness (QED) is 0.677. The summed E-state index contributed by atoms with van der Waals surface area (Å²) in [7, 11) is 0. The summed E-state index contributed by atoms with van der Waals surface area (Å²) in [6.45, 7) is 0. The molecule has 0 saturated carbocycles. The molecule has 0 radical (unpaired) electrons. The number of hydrogen-bond acceptors (Lipinski definition) is 0. The van der Waals surface area contributed by atoms with Crippen LogP contribution in [-0.2, 0) is 0 Å². The van der Waals surface area contributed by atoms with Crippen molar-refractivity contribution in [1.82, 2.24) is 4.98 Å². The van der Waals surface area contributed by atoms with E-state index >= 15 is 0 Å². The molecule has 90 valence electrons. The summed E-state index contributed by atoms with van der Waals surface area (Å²) < 4.78 is 0. The van der Waals surface area contributed by atoms with Crippen LogP contribution in [-0.4, -0.2) is 4.98 Å². The van der Waals surface area contributed by atoms with E-state index in [1.165, 1.54) is 16.7 Å². The van der Waals surface area contributed by atoms with Gasteiger partial charge in [0.15, 0.2) is 0 Å². The van der Waals surface area contributed by atoms with Gasteiger partial charge in [-0.2, -0.15) is 0 Å². The van der Waals surface area contributed by atoms with Gasteiger partial charge in [-0.1, -0.05) is 54.6 Å². The Morgan fingerprint density at radius 1 is 0.556 bits per heavy atom. The van der Waals surface area contributed by atoms with Crippen LogP contribution in [0.5, 0.6) is 0 Å². The lowest BCUT2D eigenvalue weighted by Gasteiger charge is -2.03. The largest absolute Gasteiger partial charge is 0.361 e. The molecule has 0 aliphatic carbocycles. The summed E-state index contributed by atoms with van der Waals surface area (Å²) in [5, 5.41) is 0. The molecule has 0 bridgehead atoms. The van der Waals surface area contributed by atoms with Crippen molar-refractivity contribution in [3.63, 3.8) is 0 Å². The summed E-state index contributed by atoms with van der Waals surface area (Å²) in [5.41, 5.74) is 4.88. The first kappa shape index (κ1) is 12.1. The molecule has 1 N–H and O–H groups in total. The number of nitrogens with one attached hydrogen (secondary N) is 1. The van der Waals surface area contributed by atoms with Crippen LogP contribution in [0.4, 0.5) is 4.70 Å². The number of benzene rings is 2. The molecule has 1 nitrogen and oxygen atoms in total. The molecule has 0 aliphatic heterocycles. The predicted molar refractivity (Wildman–Crippen MR) is 74.2 cm³/mol. The van der Waals surface area contributed by atoms with Crippen LogP contribution in [0.1, 0.15) is 0 Å². The van der Waals surface area contributed by atoms with Gasteiger partial charge in [0.2, 0.25) is 0 Å². The smallest absolute Gasteiger partial charge is 0.0453 e. The molecule has 3 rings (SSSR count). The molecule has 0 amide bonds. The minimum atomic E-state index is 0. The topological polar surface area (TPSA) is 15.8 Å². The second kappa shape index (κ2) is 5.32. The number of rotatable bonds is 2. The summed E-state index contributed by atoms with van der Waals surface area (Å²) in [6, 6.07) is 23.1. The molecule has 0 atom stereocenters.